The summed E-state index contributed by atoms with van der Waals surface area (Å²) < 4.78 is 5.82. The van der Waals surface area contributed by atoms with Gasteiger partial charge in [-0.1, -0.05) is 0 Å². The van der Waals surface area contributed by atoms with E-state index in [4.69, 9.17) is 16.3 Å². The van der Waals surface area contributed by atoms with E-state index in [0.717, 1.165) is 18.3 Å². The molecule has 3 heteroatoms. The van der Waals surface area contributed by atoms with Crippen LogP contribution >= 0.6 is 11.6 Å². The number of rotatable bonds is 3. The molecule has 0 N–H and O–H groups in total. The zero-order chi connectivity index (χ0) is 9.97. The molecule has 0 bridgehead atoms. The first kappa shape index (κ1) is 10.7. The van der Waals surface area contributed by atoms with Crippen molar-refractivity contribution in [1.29, 1.82) is 0 Å². The van der Waals surface area contributed by atoms with Crippen molar-refractivity contribution in [3.63, 3.8) is 0 Å². The molecule has 0 aromatic carbocycles. The Morgan fingerprint density at radius 1 is 1.36 bits per heavy atom. The Labute approximate surface area is 91.6 Å². The molecule has 0 aromatic heterocycles. The molecule has 0 spiro atoms. The van der Waals surface area contributed by atoms with E-state index in [1.54, 1.807) is 0 Å². The van der Waals surface area contributed by atoms with Crippen LogP contribution in [0.3, 0.4) is 0 Å². The Bertz CT molecular complexity index is 188. The van der Waals surface area contributed by atoms with Gasteiger partial charge >= 0.3 is 0 Å². The van der Waals surface area contributed by atoms with Gasteiger partial charge < -0.3 is 9.64 Å². The third-order valence-corrected chi connectivity index (χ3v) is 3.81. The van der Waals surface area contributed by atoms with Crippen molar-refractivity contribution >= 4 is 11.6 Å². The van der Waals surface area contributed by atoms with E-state index in [1.807, 2.05) is 0 Å². The van der Waals surface area contributed by atoms with Crippen molar-refractivity contribution in [2.45, 2.75) is 38.4 Å². The Hall–Kier alpha value is 0.210. The van der Waals surface area contributed by atoms with E-state index in [2.05, 4.69) is 11.8 Å². The summed E-state index contributed by atoms with van der Waals surface area (Å²) in [5.74, 6) is 1.54. The lowest BCUT2D eigenvalue weighted by molar-refractivity contribution is 0.0356. The van der Waals surface area contributed by atoms with Gasteiger partial charge in [-0.05, 0) is 38.6 Å². The highest BCUT2D eigenvalue weighted by atomic mass is 35.5. The zero-order valence-electron chi connectivity index (χ0n) is 8.92. The van der Waals surface area contributed by atoms with Crippen LogP contribution in [0, 0.1) is 5.92 Å². The van der Waals surface area contributed by atoms with Crippen LogP contribution in [0.15, 0.2) is 0 Å². The third kappa shape index (κ3) is 2.62. The molecule has 2 rings (SSSR count). The van der Waals surface area contributed by atoms with Gasteiger partial charge in [0.1, 0.15) is 0 Å². The van der Waals surface area contributed by atoms with Gasteiger partial charge in [0.15, 0.2) is 0 Å². The van der Waals surface area contributed by atoms with Crippen molar-refractivity contribution in [1.82, 2.24) is 4.90 Å². The molecule has 2 nitrogen and oxygen atoms in total. The molecule has 2 aliphatic rings. The van der Waals surface area contributed by atoms with E-state index in [-0.39, 0.29) is 0 Å². The second-order valence-electron chi connectivity index (χ2n) is 4.71. The smallest absolute Gasteiger partial charge is 0.0706 e. The van der Waals surface area contributed by atoms with Gasteiger partial charge in [-0.15, -0.1) is 11.6 Å². The van der Waals surface area contributed by atoms with Crippen molar-refractivity contribution in [3.05, 3.63) is 0 Å². The highest BCUT2D eigenvalue weighted by Gasteiger charge is 2.27. The first-order valence-electron chi connectivity index (χ1n) is 5.71. The molecule has 3 unspecified atom stereocenters. The molecule has 2 fully saturated rings. The Balaban J connectivity index is 1.71. The second kappa shape index (κ2) is 4.82. The maximum absolute atomic E-state index is 5.86. The van der Waals surface area contributed by atoms with Crippen LogP contribution in [0.25, 0.3) is 0 Å². The summed E-state index contributed by atoms with van der Waals surface area (Å²) in [7, 11) is 0. The summed E-state index contributed by atoms with van der Waals surface area (Å²) in [6, 6.07) is 0. The summed E-state index contributed by atoms with van der Waals surface area (Å²) in [5, 5.41) is 0. The molecule has 2 aliphatic heterocycles. The minimum atomic E-state index is 0.478. The number of halogens is 1. The molecule has 2 saturated heterocycles. The fraction of sp³-hybridized carbons (Fsp3) is 1.00. The fourth-order valence-corrected chi connectivity index (χ4v) is 2.76. The summed E-state index contributed by atoms with van der Waals surface area (Å²) in [4.78, 5) is 2.51. The highest BCUT2D eigenvalue weighted by Crippen LogP contribution is 2.23. The third-order valence-electron chi connectivity index (χ3n) is 3.37. The molecular formula is C11H20ClNO. The molecule has 3 atom stereocenters. The predicted octanol–water partition coefficient (Wildman–Crippen LogP) is 2.11. The quantitative estimate of drug-likeness (QED) is 0.672. The molecular weight excluding hydrogens is 198 g/mol. The van der Waals surface area contributed by atoms with E-state index in [1.165, 1.54) is 32.4 Å². The number of likely N-dealkylation sites (tertiary alicyclic amines) is 1. The van der Waals surface area contributed by atoms with E-state index >= 15 is 0 Å². The van der Waals surface area contributed by atoms with Crippen LogP contribution in [-0.4, -0.2) is 42.6 Å². The lowest BCUT2D eigenvalue weighted by Crippen LogP contribution is -2.30. The van der Waals surface area contributed by atoms with Gasteiger partial charge in [-0.25, -0.2) is 0 Å². The Morgan fingerprint density at radius 3 is 2.79 bits per heavy atom. The van der Waals surface area contributed by atoms with Crippen LogP contribution in [-0.2, 0) is 4.74 Å². The molecule has 14 heavy (non-hydrogen) atoms. The lowest BCUT2D eigenvalue weighted by atomic mass is 10.2. The molecule has 0 aliphatic carbocycles. The van der Waals surface area contributed by atoms with E-state index < -0.39 is 0 Å². The van der Waals surface area contributed by atoms with E-state index in [0.29, 0.717) is 12.2 Å². The number of hydrogen-bond acceptors (Lipinski definition) is 2. The first-order valence-corrected chi connectivity index (χ1v) is 6.25. The molecule has 0 amide bonds. The fourth-order valence-electron chi connectivity index (χ4n) is 2.51. The standard InChI is InChI=1S/C11H20ClNO/c1-9-2-3-11(14-9)8-13-5-4-10(6-12)7-13/h9-11H,2-8H2,1H3. The number of ether oxygens (including phenoxy) is 1. The van der Waals surface area contributed by atoms with Gasteiger partial charge in [0.05, 0.1) is 12.2 Å². The number of alkyl halides is 1. The monoisotopic (exact) mass is 217 g/mol. The molecule has 0 saturated carbocycles. The Morgan fingerprint density at radius 2 is 2.21 bits per heavy atom. The first-order chi connectivity index (χ1) is 6.78. The number of hydrogen-bond donors (Lipinski definition) is 0. The minimum Gasteiger partial charge on any atom is -0.374 e. The van der Waals surface area contributed by atoms with Crippen molar-refractivity contribution in [2.75, 3.05) is 25.5 Å². The molecule has 2 heterocycles. The normalized spacial score (nSPS) is 39.4. The van der Waals surface area contributed by atoms with Gasteiger partial charge in [-0.2, -0.15) is 0 Å². The predicted molar refractivity (Wildman–Crippen MR) is 58.8 cm³/mol. The van der Waals surface area contributed by atoms with Gasteiger partial charge in [0, 0.05) is 19.0 Å². The van der Waals surface area contributed by atoms with Crippen LogP contribution in [0.1, 0.15) is 26.2 Å². The maximum Gasteiger partial charge on any atom is 0.0706 e. The molecule has 0 radical (unpaired) electrons. The zero-order valence-corrected chi connectivity index (χ0v) is 9.67. The Kier molecular flexibility index (Phi) is 3.69. The highest BCUT2D eigenvalue weighted by molar-refractivity contribution is 6.18. The van der Waals surface area contributed by atoms with Gasteiger partial charge in [0.2, 0.25) is 0 Å². The van der Waals surface area contributed by atoms with Crippen LogP contribution < -0.4 is 0 Å². The number of nitrogens with zero attached hydrogens (tertiary/aromatic N) is 1. The molecule has 82 valence electrons. The summed E-state index contributed by atoms with van der Waals surface area (Å²) in [5.41, 5.74) is 0. The van der Waals surface area contributed by atoms with Crippen LogP contribution in [0.2, 0.25) is 0 Å². The summed E-state index contributed by atoms with van der Waals surface area (Å²) in [6.45, 7) is 5.69. The lowest BCUT2D eigenvalue weighted by Gasteiger charge is -2.20. The minimum absolute atomic E-state index is 0.478. The SMILES string of the molecule is CC1CCC(CN2CCC(CCl)C2)O1. The molecule has 0 aromatic rings. The van der Waals surface area contributed by atoms with E-state index in [9.17, 15) is 0 Å². The topological polar surface area (TPSA) is 12.5 Å². The van der Waals surface area contributed by atoms with Gasteiger partial charge in [0.25, 0.3) is 0 Å². The van der Waals surface area contributed by atoms with Crippen LogP contribution in [0.5, 0.6) is 0 Å². The second-order valence-corrected chi connectivity index (χ2v) is 5.02. The van der Waals surface area contributed by atoms with Gasteiger partial charge in [-0.3, -0.25) is 0 Å². The average Bonchev–Trinajstić information content (AvgIpc) is 2.76. The van der Waals surface area contributed by atoms with Crippen molar-refractivity contribution < 1.29 is 4.74 Å². The van der Waals surface area contributed by atoms with Crippen LogP contribution in [0.4, 0.5) is 0 Å². The summed E-state index contributed by atoms with van der Waals surface area (Å²) >= 11 is 5.86. The summed E-state index contributed by atoms with van der Waals surface area (Å²) in [6.07, 6.45) is 4.71. The largest absolute Gasteiger partial charge is 0.374 e. The average molecular weight is 218 g/mol. The maximum atomic E-state index is 5.86. The van der Waals surface area contributed by atoms with Crippen molar-refractivity contribution in [3.8, 4) is 0 Å². The van der Waals surface area contributed by atoms with Crippen molar-refractivity contribution in [2.24, 2.45) is 5.92 Å².